The van der Waals surface area contributed by atoms with Crippen molar-refractivity contribution in [2.24, 2.45) is 5.92 Å². The fraction of sp³-hybridized carbons (Fsp3) is 0.526. The summed E-state index contributed by atoms with van der Waals surface area (Å²) in [4.78, 5) is 11.1. The maximum absolute atomic E-state index is 11.1. The number of hydrogen-bond acceptors (Lipinski definition) is 2. The first-order valence-corrected chi connectivity index (χ1v) is 7.94. The van der Waals surface area contributed by atoms with Crippen LogP contribution in [-0.4, -0.2) is 12.9 Å². The summed E-state index contributed by atoms with van der Waals surface area (Å²) in [5.41, 5.74) is 2.39. The van der Waals surface area contributed by atoms with Gasteiger partial charge in [-0.3, -0.25) is 0 Å². The van der Waals surface area contributed by atoms with Gasteiger partial charge in [0.15, 0.2) is 6.29 Å². The molecular formula is C19H28O2. The van der Waals surface area contributed by atoms with E-state index in [4.69, 9.17) is 4.74 Å². The van der Waals surface area contributed by atoms with Crippen molar-refractivity contribution in [3.05, 3.63) is 47.5 Å². The molecule has 0 aliphatic carbocycles. The summed E-state index contributed by atoms with van der Waals surface area (Å²) < 4.78 is 5.71. The molecule has 2 unspecified atom stereocenters. The lowest BCUT2D eigenvalue weighted by Crippen LogP contribution is -2.09. The minimum atomic E-state index is -0.430. The Kier molecular flexibility index (Phi) is 8.68. The summed E-state index contributed by atoms with van der Waals surface area (Å²) in [5, 5.41) is 0. The molecule has 1 aromatic rings. The van der Waals surface area contributed by atoms with Crippen molar-refractivity contribution in [2.75, 3.05) is 6.61 Å². The Labute approximate surface area is 129 Å². The Hall–Kier alpha value is -1.41. The Bertz CT molecular complexity index is 422. The van der Waals surface area contributed by atoms with Crippen LogP contribution in [-0.2, 0) is 9.53 Å². The zero-order chi connectivity index (χ0) is 15.5. The lowest BCUT2D eigenvalue weighted by atomic mass is 10.0. The number of allylic oxidation sites excluding steroid dienone is 2. The molecule has 2 heteroatoms. The van der Waals surface area contributed by atoms with Crippen molar-refractivity contribution < 1.29 is 9.53 Å². The van der Waals surface area contributed by atoms with E-state index in [-0.39, 0.29) is 0 Å². The molecule has 2 atom stereocenters. The van der Waals surface area contributed by atoms with Gasteiger partial charge < -0.3 is 9.53 Å². The van der Waals surface area contributed by atoms with Crippen LogP contribution in [0.4, 0.5) is 0 Å². The molecule has 0 bridgehead atoms. The molecule has 0 spiro atoms. The quantitative estimate of drug-likeness (QED) is 0.442. The fourth-order valence-electron chi connectivity index (χ4n) is 2.16. The van der Waals surface area contributed by atoms with Crippen LogP contribution in [0.1, 0.15) is 58.1 Å². The first-order chi connectivity index (χ1) is 10.2. The van der Waals surface area contributed by atoms with Gasteiger partial charge in [-0.25, -0.2) is 0 Å². The summed E-state index contributed by atoms with van der Waals surface area (Å²) in [5.74, 6) is 0.619. The van der Waals surface area contributed by atoms with Gasteiger partial charge in [-0.2, -0.15) is 0 Å². The van der Waals surface area contributed by atoms with Crippen molar-refractivity contribution in [3.63, 3.8) is 0 Å². The highest BCUT2D eigenvalue weighted by Crippen LogP contribution is 2.17. The molecule has 0 N–H and O–H groups in total. The van der Waals surface area contributed by atoms with Gasteiger partial charge in [0.1, 0.15) is 6.10 Å². The third-order valence-electron chi connectivity index (χ3n) is 3.87. The second kappa shape index (κ2) is 10.3. The van der Waals surface area contributed by atoms with Crippen LogP contribution in [0.15, 0.2) is 42.0 Å². The lowest BCUT2D eigenvalue weighted by molar-refractivity contribution is -0.118. The zero-order valence-corrected chi connectivity index (χ0v) is 13.5. The van der Waals surface area contributed by atoms with E-state index in [1.807, 2.05) is 30.3 Å². The van der Waals surface area contributed by atoms with Crippen molar-refractivity contribution in [1.29, 1.82) is 0 Å². The average molecular weight is 288 g/mol. The molecule has 0 amide bonds. The second-order valence-corrected chi connectivity index (χ2v) is 5.71. The molecule has 2 nitrogen and oxygen atoms in total. The van der Waals surface area contributed by atoms with Crippen LogP contribution in [0.25, 0.3) is 0 Å². The molecule has 0 saturated heterocycles. The maximum Gasteiger partial charge on any atom is 0.153 e. The molecule has 21 heavy (non-hydrogen) atoms. The van der Waals surface area contributed by atoms with Crippen LogP contribution in [0, 0.1) is 5.92 Å². The molecule has 0 radical (unpaired) electrons. The minimum Gasteiger partial charge on any atom is -0.366 e. The van der Waals surface area contributed by atoms with Crippen molar-refractivity contribution in [1.82, 2.24) is 0 Å². The number of hydrogen-bond donors (Lipinski definition) is 0. The molecule has 0 fully saturated rings. The summed E-state index contributed by atoms with van der Waals surface area (Å²) in [6.45, 7) is 7.25. The summed E-state index contributed by atoms with van der Waals surface area (Å²) >= 11 is 0. The monoisotopic (exact) mass is 288 g/mol. The molecule has 0 heterocycles. The summed E-state index contributed by atoms with van der Waals surface area (Å²) in [7, 11) is 0. The zero-order valence-electron chi connectivity index (χ0n) is 13.5. The largest absolute Gasteiger partial charge is 0.366 e. The summed E-state index contributed by atoms with van der Waals surface area (Å²) in [6.07, 6.45) is 7.23. The first kappa shape index (κ1) is 17.6. The standard InChI is InChI=1S/C19H28O2/c1-4-16(2)9-8-10-17(3)13-14-21-19(15-20)18-11-6-5-7-12-18/h5-7,9,11-12,15,17,19H,4,8,10,13-14H2,1-3H3. The SMILES string of the molecule is CCC(C)=CCCC(C)CCOC(C=O)c1ccccc1. The third kappa shape index (κ3) is 7.24. The number of ether oxygens (including phenoxy) is 1. The van der Waals surface area contributed by atoms with Crippen LogP contribution in [0.2, 0.25) is 0 Å². The van der Waals surface area contributed by atoms with Gasteiger partial charge in [0.05, 0.1) is 0 Å². The van der Waals surface area contributed by atoms with Gasteiger partial charge >= 0.3 is 0 Å². The van der Waals surface area contributed by atoms with Gasteiger partial charge in [-0.05, 0) is 44.1 Å². The van der Waals surface area contributed by atoms with E-state index in [2.05, 4.69) is 26.8 Å². The van der Waals surface area contributed by atoms with Gasteiger partial charge in [-0.15, -0.1) is 0 Å². The molecule has 0 aromatic heterocycles. The van der Waals surface area contributed by atoms with Gasteiger partial charge in [0, 0.05) is 6.61 Å². The maximum atomic E-state index is 11.1. The molecular weight excluding hydrogens is 260 g/mol. The van der Waals surface area contributed by atoms with Gasteiger partial charge in [-0.1, -0.05) is 55.8 Å². The first-order valence-electron chi connectivity index (χ1n) is 7.94. The van der Waals surface area contributed by atoms with Crippen molar-refractivity contribution in [3.8, 4) is 0 Å². The normalized spacial score (nSPS) is 14.7. The Morgan fingerprint density at radius 3 is 2.57 bits per heavy atom. The van der Waals surface area contributed by atoms with E-state index in [0.29, 0.717) is 12.5 Å². The molecule has 1 aromatic carbocycles. The third-order valence-corrected chi connectivity index (χ3v) is 3.87. The number of rotatable bonds is 10. The van der Waals surface area contributed by atoms with Crippen LogP contribution < -0.4 is 0 Å². The van der Waals surface area contributed by atoms with Crippen LogP contribution in [0.3, 0.4) is 0 Å². The number of benzene rings is 1. The fourth-order valence-corrected chi connectivity index (χ4v) is 2.16. The van der Waals surface area contributed by atoms with Crippen molar-refractivity contribution in [2.45, 2.75) is 52.6 Å². The minimum absolute atomic E-state index is 0.430. The predicted octanol–water partition coefficient (Wildman–Crippen LogP) is 5.11. The van der Waals surface area contributed by atoms with E-state index in [9.17, 15) is 4.79 Å². The topological polar surface area (TPSA) is 26.3 Å². The van der Waals surface area contributed by atoms with Gasteiger partial charge in [0.25, 0.3) is 0 Å². The highest BCUT2D eigenvalue weighted by molar-refractivity contribution is 5.59. The second-order valence-electron chi connectivity index (χ2n) is 5.71. The van der Waals surface area contributed by atoms with E-state index in [1.165, 1.54) is 12.0 Å². The number of carbonyl (C=O) groups is 1. The van der Waals surface area contributed by atoms with E-state index < -0.39 is 6.10 Å². The van der Waals surface area contributed by atoms with E-state index in [1.54, 1.807) is 0 Å². The molecule has 0 aliphatic heterocycles. The van der Waals surface area contributed by atoms with Crippen molar-refractivity contribution >= 4 is 6.29 Å². The number of aldehydes is 1. The highest BCUT2D eigenvalue weighted by Gasteiger charge is 2.10. The van der Waals surface area contributed by atoms with E-state index >= 15 is 0 Å². The summed E-state index contributed by atoms with van der Waals surface area (Å²) in [6, 6.07) is 9.67. The smallest absolute Gasteiger partial charge is 0.153 e. The lowest BCUT2D eigenvalue weighted by Gasteiger charge is -2.15. The highest BCUT2D eigenvalue weighted by atomic mass is 16.5. The van der Waals surface area contributed by atoms with Crippen LogP contribution in [0.5, 0.6) is 0 Å². The molecule has 0 aliphatic rings. The predicted molar refractivity (Wildman–Crippen MR) is 88.3 cm³/mol. The number of carbonyl (C=O) groups excluding carboxylic acids is 1. The molecule has 1 rings (SSSR count). The van der Waals surface area contributed by atoms with E-state index in [0.717, 1.165) is 31.1 Å². The Morgan fingerprint density at radius 1 is 1.24 bits per heavy atom. The van der Waals surface area contributed by atoms with Crippen LogP contribution >= 0.6 is 0 Å². The average Bonchev–Trinajstić information content (AvgIpc) is 2.52. The Morgan fingerprint density at radius 2 is 1.95 bits per heavy atom. The molecule has 116 valence electrons. The Balaban J connectivity index is 2.27. The van der Waals surface area contributed by atoms with Gasteiger partial charge in [0.2, 0.25) is 0 Å². The molecule has 0 saturated carbocycles.